The van der Waals surface area contributed by atoms with Crippen molar-refractivity contribution < 1.29 is 26.8 Å². The number of sulfonamides is 1. The maximum Gasteiger partial charge on any atom is 0.243 e. The Hall–Kier alpha value is -2.85. The van der Waals surface area contributed by atoms with Crippen LogP contribution in [0.2, 0.25) is 0 Å². The Morgan fingerprint density at radius 2 is 1.76 bits per heavy atom. The van der Waals surface area contributed by atoms with Gasteiger partial charge in [-0.25, -0.2) is 17.2 Å². The van der Waals surface area contributed by atoms with Crippen LogP contribution in [0, 0.1) is 17.6 Å². The van der Waals surface area contributed by atoms with Crippen molar-refractivity contribution in [3.05, 3.63) is 53.6 Å². The number of rotatable bonds is 4. The highest BCUT2D eigenvalue weighted by Gasteiger charge is 2.34. The van der Waals surface area contributed by atoms with E-state index >= 15 is 0 Å². The summed E-state index contributed by atoms with van der Waals surface area (Å²) in [5, 5.41) is 2.46. The minimum Gasteiger partial charge on any atom is -0.323 e. The largest absolute Gasteiger partial charge is 0.323 e. The molecule has 2 amide bonds. The van der Waals surface area contributed by atoms with Crippen molar-refractivity contribution in [3.63, 3.8) is 0 Å². The van der Waals surface area contributed by atoms with Crippen LogP contribution in [0.3, 0.4) is 0 Å². The molecule has 0 unspecified atom stereocenters. The average molecular weight is 478 g/mol. The summed E-state index contributed by atoms with van der Waals surface area (Å²) in [6, 6.07) is 7.68. The molecule has 1 saturated heterocycles. The number of anilines is 2. The molecule has 0 aliphatic carbocycles. The monoisotopic (exact) mass is 477 g/mol. The van der Waals surface area contributed by atoms with Gasteiger partial charge in [0.2, 0.25) is 21.8 Å². The number of piperidine rings is 1. The first-order chi connectivity index (χ1) is 15.6. The highest BCUT2D eigenvalue weighted by atomic mass is 32.2. The van der Waals surface area contributed by atoms with Gasteiger partial charge in [0.25, 0.3) is 0 Å². The molecule has 0 spiro atoms. The quantitative estimate of drug-likeness (QED) is 0.732. The highest BCUT2D eigenvalue weighted by molar-refractivity contribution is 7.89. The van der Waals surface area contributed by atoms with Crippen molar-refractivity contribution in [1.29, 1.82) is 0 Å². The van der Waals surface area contributed by atoms with E-state index in [1.807, 2.05) is 6.92 Å². The van der Waals surface area contributed by atoms with Crippen LogP contribution >= 0.6 is 0 Å². The van der Waals surface area contributed by atoms with Gasteiger partial charge in [0, 0.05) is 43.7 Å². The topological polar surface area (TPSA) is 86.8 Å². The van der Waals surface area contributed by atoms with E-state index in [9.17, 15) is 26.8 Å². The summed E-state index contributed by atoms with van der Waals surface area (Å²) in [4.78, 5) is 26.2. The van der Waals surface area contributed by atoms with Crippen LogP contribution in [0.15, 0.2) is 41.3 Å². The molecule has 1 N–H and O–H groups in total. The molecular weight excluding hydrogens is 452 g/mol. The minimum absolute atomic E-state index is 0.0318. The number of halogens is 2. The molecule has 0 bridgehead atoms. The lowest BCUT2D eigenvalue weighted by Crippen LogP contribution is -2.41. The second-order valence-corrected chi connectivity index (χ2v) is 10.5. The van der Waals surface area contributed by atoms with Gasteiger partial charge in [0.05, 0.1) is 10.6 Å². The van der Waals surface area contributed by atoms with Crippen LogP contribution in [-0.2, 0) is 26.0 Å². The Kier molecular flexibility index (Phi) is 6.24. The van der Waals surface area contributed by atoms with E-state index in [1.165, 1.54) is 17.3 Å². The highest BCUT2D eigenvalue weighted by Crippen LogP contribution is 2.35. The fourth-order valence-electron chi connectivity index (χ4n) is 4.58. The van der Waals surface area contributed by atoms with E-state index < -0.39 is 33.5 Å². The predicted molar refractivity (Wildman–Crippen MR) is 119 cm³/mol. The lowest BCUT2D eigenvalue weighted by molar-refractivity contribution is -0.121. The summed E-state index contributed by atoms with van der Waals surface area (Å²) >= 11 is 0. The van der Waals surface area contributed by atoms with Crippen LogP contribution in [0.1, 0.15) is 32.3 Å². The first kappa shape index (κ1) is 23.3. The summed E-state index contributed by atoms with van der Waals surface area (Å²) in [6.07, 6.45) is 1.16. The van der Waals surface area contributed by atoms with Crippen molar-refractivity contribution in [2.45, 2.75) is 44.0 Å². The van der Waals surface area contributed by atoms with E-state index in [0.29, 0.717) is 12.5 Å². The van der Waals surface area contributed by atoms with Crippen molar-refractivity contribution in [2.24, 2.45) is 5.92 Å². The predicted octanol–water partition coefficient (Wildman–Crippen LogP) is 3.30. The molecule has 2 aromatic rings. The summed E-state index contributed by atoms with van der Waals surface area (Å²) in [5.74, 6) is -2.59. The van der Waals surface area contributed by atoms with E-state index in [-0.39, 0.29) is 48.5 Å². The number of nitrogens with one attached hydrogen (secondary N) is 1. The first-order valence-corrected chi connectivity index (χ1v) is 12.2. The second-order valence-electron chi connectivity index (χ2n) is 8.52. The fourth-order valence-corrected chi connectivity index (χ4v) is 6.10. The molecule has 1 atom stereocenters. The molecule has 33 heavy (non-hydrogen) atoms. The van der Waals surface area contributed by atoms with Gasteiger partial charge in [-0.1, -0.05) is 0 Å². The van der Waals surface area contributed by atoms with Gasteiger partial charge in [0.1, 0.15) is 11.6 Å². The summed E-state index contributed by atoms with van der Waals surface area (Å²) in [6.45, 7) is 3.71. The number of carbonyl (C=O) groups is 2. The molecule has 176 valence electrons. The molecule has 10 heteroatoms. The molecule has 0 radical (unpaired) electrons. The number of nitrogens with zero attached hydrogens (tertiary/aromatic N) is 2. The number of carbonyl (C=O) groups excluding carboxylic acids is 2. The normalized spacial score (nSPS) is 19.4. The SMILES string of the molecule is CC(=O)N1c2ccc(S(=O)(=O)N3CCC(C(=O)Nc4ccc(F)cc4F)CC3)cc2C[C@H]1C. The lowest BCUT2D eigenvalue weighted by atomic mass is 9.97. The summed E-state index contributed by atoms with van der Waals surface area (Å²) in [7, 11) is -3.76. The van der Waals surface area contributed by atoms with E-state index in [4.69, 9.17) is 0 Å². The number of hydrogen-bond acceptors (Lipinski definition) is 4. The zero-order valence-electron chi connectivity index (χ0n) is 18.3. The molecule has 2 aliphatic heterocycles. The van der Waals surface area contributed by atoms with Gasteiger partial charge >= 0.3 is 0 Å². The van der Waals surface area contributed by atoms with E-state index in [2.05, 4.69) is 5.32 Å². The van der Waals surface area contributed by atoms with Crippen LogP contribution in [0.5, 0.6) is 0 Å². The Morgan fingerprint density at radius 3 is 2.39 bits per heavy atom. The Bertz CT molecular complexity index is 1210. The van der Waals surface area contributed by atoms with Gasteiger partial charge in [0.15, 0.2) is 0 Å². The third kappa shape index (κ3) is 4.49. The molecule has 0 saturated carbocycles. The molecule has 1 fully saturated rings. The van der Waals surface area contributed by atoms with Gasteiger partial charge in [-0.2, -0.15) is 4.31 Å². The third-order valence-corrected chi connectivity index (χ3v) is 8.15. The van der Waals surface area contributed by atoms with Gasteiger partial charge in [-0.05, 0) is 62.1 Å². The van der Waals surface area contributed by atoms with Gasteiger partial charge in [-0.3, -0.25) is 9.59 Å². The average Bonchev–Trinajstić information content (AvgIpc) is 3.10. The molecule has 2 aliphatic rings. The lowest BCUT2D eigenvalue weighted by Gasteiger charge is -2.30. The minimum atomic E-state index is -3.76. The Morgan fingerprint density at radius 1 is 1.06 bits per heavy atom. The molecular formula is C23H25F2N3O4S. The molecule has 7 nitrogen and oxygen atoms in total. The zero-order valence-corrected chi connectivity index (χ0v) is 19.2. The van der Waals surface area contributed by atoms with E-state index in [0.717, 1.165) is 23.4 Å². The van der Waals surface area contributed by atoms with Crippen LogP contribution in [0.4, 0.5) is 20.2 Å². The van der Waals surface area contributed by atoms with Crippen LogP contribution < -0.4 is 10.2 Å². The van der Waals surface area contributed by atoms with E-state index in [1.54, 1.807) is 17.0 Å². The number of amides is 2. The second kappa shape index (κ2) is 8.83. The van der Waals surface area contributed by atoms with Gasteiger partial charge < -0.3 is 10.2 Å². The molecule has 4 rings (SSSR count). The number of fused-ring (bicyclic) bond motifs is 1. The maximum atomic E-state index is 13.8. The standard InChI is InChI=1S/C23H25F2N3O4S/c1-14-11-17-12-19(4-6-22(17)28(14)15(2)29)33(31,32)27-9-7-16(8-10-27)23(30)26-21-5-3-18(24)13-20(21)25/h3-6,12-14,16H,7-11H2,1-2H3,(H,26,30)/t14-/m1/s1. The number of benzene rings is 2. The Balaban J connectivity index is 1.43. The number of hydrogen-bond donors (Lipinski definition) is 1. The molecule has 0 aromatic heterocycles. The summed E-state index contributed by atoms with van der Waals surface area (Å²) in [5.41, 5.74) is 1.44. The zero-order chi connectivity index (χ0) is 23.9. The first-order valence-electron chi connectivity index (χ1n) is 10.8. The van der Waals surface area contributed by atoms with Crippen molar-refractivity contribution in [1.82, 2.24) is 4.31 Å². The van der Waals surface area contributed by atoms with Crippen LogP contribution in [-0.4, -0.2) is 43.7 Å². The molecule has 2 aromatic carbocycles. The van der Waals surface area contributed by atoms with Crippen molar-refractivity contribution >= 4 is 33.2 Å². The third-order valence-electron chi connectivity index (χ3n) is 6.26. The molecule has 2 heterocycles. The van der Waals surface area contributed by atoms with Gasteiger partial charge in [-0.15, -0.1) is 0 Å². The van der Waals surface area contributed by atoms with Crippen molar-refractivity contribution in [2.75, 3.05) is 23.3 Å². The Labute approximate surface area is 191 Å². The van der Waals surface area contributed by atoms with Crippen LogP contribution in [0.25, 0.3) is 0 Å². The smallest absolute Gasteiger partial charge is 0.243 e. The van der Waals surface area contributed by atoms with Crippen molar-refractivity contribution in [3.8, 4) is 0 Å². The summed E-state index contributed by atoms with van der Waals surface area (Å²) < 4.78 is 54.6. The fraction of sp³-hybridized carbons (Fsp3) is 0.391. The maximum absolute atomic E-state index is 13.8.